The largest absolute Gasteiger partial charge is 0.449 e. The van der Waals surface area contributed by atoms with E-state index in [1.54, 1.807) is 0 Å². The maximum atomic E-state index is 12.1. The minimum absolute atomic E-state index is 0.0466. The van der Waals surface area contributed by atoms with Crippen LogP contribution in [-0.4, -0.2) is 19.2 Å². The molecule has 0 aromatic heterocycles. The van der Waals surface area contributed by atoms with Crippen molar-refractivity contribution in [2.75, 3.05) is 13.2 Å². The molecule has 1 N–H and O–H groups in total. The van der Waals surface area contributed by atoms with Crippen LogP contribution in [0.1, 0.15) is 28.2 Å². The van der Waals surface area contributed by atoms with Gasteiger partial charge in [0.05, 0.1) is 11.6 Å². The lowest BCUT2D eigenvalue weighted by atomic mass is 9.98. The van der Waals surface area contributed by atoms with Crippen molar-refractivity contribution in [3.8, 4) is 23.0 Å². The maximum absolute atomic E-state index is 12.1. The summed E-state index contributed by atoms with van der Waals surface area (Å²) in [7, 11) is 0. The molecular weight excluding hydrogens is 382 g/mol. The van der Waals surface area contributed by atoms with Crippen molar-refractivity contribution in [1.29, 1.82) is 0 Å². The minimum Gasteiger partial charge on any atom is -0.449 e. The van der Waals surface area contributed by atoms with Crippen molar-refractivity contribution < 1.29 is 9.53 Å². The number of amides is 1. The average molecular weight is 402 g/mol. The highest BCUT2D eigenvalue weighted by atomic mass is 35.5. The summed E-state index contributed by atoms with van der Waals surface area (Å²) < 4.78 is 5.49. The molecule has 29 heavy (non-hydrogen) atoms. The number of hydrogen-bond acceptors (Lipinski definition) is 2. The molecule has 3 aromatic carbocycles. The molecule has 0 spiro atoms. The third-order valence-electron chi connectivity index (χ3n) is 5.08. The Morgan fingerprint density at radius 2 is 1.66 bits per heavy atom. The number of fused-ring (bicyclic) bond motifs is 3. The highest BCUT2D eigenvalue weighted by Gasteiger charge is 2.28. The van der Waals surface area contributed by atoms with E-state index < -0.39 is 6.09 Å². The summed E-state index contributed by atoms with van der Waals surface area (Å²) in [6.45, 7) is 2.42. The van der Waals surface area contributed by atoms with Gasteiger partial charge in [0, 0.05) is 11.5 Å². The Kier molecular flexibility index (Phi) is 5.55. The van der Waals surface area contributed by atoms with Crippen LogP contribution in [0.25, 0.3) is 11.1 Å². The predicted octanol–water partition coefficient (Wildman–Crippen LogP) is 5.54. The lowest BCUT2D eigenvalue weighted by Gasteiger charge is -2.14. The van der Waals surface area contributed by atoms with Crippen molar-refractivity contribution in [3.63, 3.8) is 0 Å². The second-order valence-electron chi connectivity index (χ2n) is 6.92. The Bertz CT molecular complexity index is 1080. The first-order chi connectivity index (χ1) is 14.1. The molecule has 0 bridgehead atoms. The van der Waals surface area contributed by atoms with Gasteiger partial charge in [-0.3, -0.25) is 0 Å². The number of nitrogens with one attached hydrogen (secondary N) is 1. The van der Waals surface area contributed by atoms with E-state index >= 15 is 0 Å². The van der Waals surface area contributed by atoms with E-state index in [2.05, 4.69) is 41.4 Å². The van der Waals surface area contributed by atoms with Gasteiger partial charge in [0.15, 0.2) is 0 Å². The van der Waals surface area contributed by atoms with E-state index in [0.29, 0.717) is 5.02 Å². The second kappa shape index (κ2) is 8.43. The average Bonchev–Trinajstić information content (AvgIpc) is 3.06. The van der Waals surface area contributed by atoms with E-state index in [4.69, 9.17) is 16.3 Å². The summed E-state index contributed by atoms with van der Waals surface area (Å²) in [6, 6.07) is 22.2. The minimum atomic E-state index is -0.475. The summed E-state index contributed by atoms with van der Waals surface area (Å²) in [5, 5.41) is 3.32. The summed E-state index contributed by atoms with van der Waals surface area (Å²) in [6.07, 6.45) is -0.475. The smallest absolute Gasteiger partial charge is 0.407 e. The Hall–Kier alpha value is -3.22. The Morgan fingerprint density at radius 3 is 2.34 bits per heavy atom. The van der Waals surface area contributed by atoms with Crippen LogP contribution in [0.5, 0.6) is 0 Å². The van der Waals surface area contributed by atoms with Crippen LogP contribution < -0.4 is 5.32 Å². The summed E-state index contributed by atoms with van der Waals surface area (Å²) in [5.74, 6) is 5.94. The summed E-state index contributed by atoms with van der Waals surface area (Å²) in [5.41, 5.74) is 6.52. The molecule has 0 radical (unpaired) electrons. The molecule has 4 rings (SSSR count). The number of carbonyl (C=O) groups is 1. The first kappa shape index (κ1) is 19.1. The quantitative estimate of drug-likeness (QED) is 0.585. The van der Waals surface area contributed by atoms with Gasteiger partial charge in [0.25, 0.3) is 0 Å². The highest BCUT2D eigenvalue weighted by Crippen LogP contribution is 2.44. The Labute approximate surface area is 175 Å². The van der Waals surface area contributed by atoms with Crippen molar-refractivity contribution in [2.24, 2.45) is 0 Å². The Morgan fingerprint density at radius 1 is 1.00 bits per heavy atom. The van der Waals surface area contributed by atoms with Gasteiger partial charge >= 0.3 is 6.09 Å². The van der Waals surface area contributed by atoms with Crippen LogP contribution in [0.4, 0.5) is 4.79 Å². The number of aryl methyl sites for hydroxylation is 1. The van der Waals surface area contributed by atoms with Crippen molar-refractivity contribution in [3.05, 3.63) is 94.0 Å². The zero-order chi connectivity index (χ0) is 20.2. The fourth-order valence-electron chi connectivity index (χ4n) is 3.65. The number of rotatable bonds is 3. The predicted molar refractivity (Wildman–Crippen MR) is 116 cm³/mol. The van der Waals surface area contributed by atoms with Crippen LogP contribution in [-0.2, 0) is 4.74 Å². The van der Waals surface area contributed by atoms with Gasteiger partial charge in [-0.2, -0.15) is 0 Å². The second-order valence-corrected chi connectivity index (χ2v) is 7.30. The van der Waals surface area contributed by atoms with Gasteiger partial charge in [-0.1, -0.05) is 84.1 Å². The molecule has 4 heteroatoms. The fourth-order valence-corrected chi connectivity index (χ4v) is 3.82. The lowest BCUT2D eigenvalue weighted by molar-refractivity contribution is 0.144. The summed E-state index contributed by atoms with van der Waals surface area (Å²) >= 11 is 6.23. The molecule has 0 saturated heterocycles. The van der Waals surface area contributed by atoms with Gasteiger partial charge in [0.2, 0.25) is 0 Å². The van der Waals surface area contributed by atoms with Crippen LogP contribution in [0.15, 0.2) is 66.7 Å². The third-order valence-corrected chi connectivity index (χ3v) is 5.58. The molecule has 0 atom stereocenters. The van der Waals surface area contributed by atoms with Crippen molar-refractivity contribution >= 4 is 17.7 Å². The SMILES string of the molecule is Cc1cccc(C#CCNC(=O)OCC2c3ccccc3-c3ccccc32)c1Cl. The molecule has 0 saturated carbocycles. The number of benzene rings is 3. The zero-order valence-corrected chi connectivity index (χ0v) is 16.8. The van der Waals surface area contributed by atoms with Crippen molar-refractivity contribution in [1.82, 2.24) is 5.32 Å². The molecule has 0 heterocycles. The number of alkyl carbamates (subject to hydrolysis) is 1. The molecule has 0 unspecified atom stereocenters. The van der Waals surface area contributed by atoms with Crippen LogP contribution in [0, 0.1) is 18.8 Å². The number of carbonyl (C=O) groups excluding carboxylic acids is 1. The molecular formula is C25H20ClNO2. The van der Waals surface area contributed by atoms with Crippen LogP contribution in [0.3, 0.4) is 0 Å². The Balaban J connectivity index is 1.36. The normalized spacial score (nSPS) is 11.8. The van der Waals surface area contributed by atoms with Crippen LogP contribution >= 0.6 is 11.6 Å². The molecule has 144 valence electrons. The molecule has 3 nitrogen and oxygen atoms in total. The fraction of sp³-hybridized carbons (Fsp3) is 0.160. The monoisotopic (exact) mass is 401 g/mol. The molecule has 3 aromatic rings. The molecule has 1 amide bonds. The highest BCUT2D eigenvalue weighted by molar-refractivity contribution is 6.32. The van der Waals surface area contributed by atoms with Gasteiger partial charge < -0.3 is 10.1 Å². The van der Waals surface area contributed by atoms with E-state index in [1.165, 1.54) is 22.3 Å². The topological polar surface area (TPSA) is 38.3 Å². The number of halogens is 1. The third kappa shape index (κ3) is 3.99. The van der Waals surface area contributed by atoms with Crippen molar-refractivity contribution in [2.45, 2.75) is 12.8 Å². The molecule has 0 fully saturated rings. The number of hydrogen-bond donors (Lipinski definition) is 1. The van der Waals surface area contributed by atoms with E-state index in [1.807, 2.05) is 49.4 Å². The van der Waals surface area contributed by atoms with E-state index in [0.717, 1.165) is 11.1 Å². The van der Waals surface area contributed by atoms with Gasteiger partial charge in [-0.15, -0.1) is 0 Å². The zero-order valence-electron chi connectivity index (χ0n) is 16.0. The van der Waals surface area contributed by atoms with Gasteiger partial charge in [-0.25, -0.2) is 4.79 Å². The van der Waals surface area contributed by atoms with Gasteiger partial charge in [-0.05, 0) is 40.8 Å². The number of ether oxygens (including phenoxy) is 1. The molecule has 1 aliphatic rings. The van der Waals surface area contributed by atoms with Gasteiger partial charge in [0.1, 0.15) is 6.61 Å². The van der Waals surface area contributed by atoms with Crippen LogP contribution in [0.2, 0.25) is 5.02 Å². The lowest BCUT2D eigenvalue weighted by Crippen LogP contribution is -2.26. The van der Waals surface area contributed by atoms with E-state index in [-0.39, 0.29) is 19.1 Å². The maximum Gasteiger partial charge on any atom is 0.407 e. The molecule has 1 aliphatic carbocycles. The standard InChI is InChI=1S/C25H20ClNO2/c1-17-8-6-9-18(24(17)26)10-7-15-27-25(28)29-16-23-21-13-4-2-11-19(21)20-12-3-5-14-22(20)23/h2-6,8-9,11-14,23H,15-16H2,1H3,(H,27,28). The van der Waals surface area contributed by atoms with E-state index in [9.17, 15) is 4.79 Å². The summed E-state index contributed by atoms with van der Waals surface area (Å²) in [4.78, 5) is 12.1. The first-order valence-corrected chi connectivity index (χ1v) is 9.86. The first-order valence-electron chi connectivity index (χ1n) is 9.48. The molecule has 0 aliphatic heterocycles.